The van der Waals surface area contributed by atoms with Crippen LogP contribution in [0.25, 0.3) is 0 Å². The molecule has 0 bridgehead atoms. The lowest BCUT2D eigenvalue weighted by Crippen LogP contribution is -2.35. The van der Waals surface area contributed by atoms with Gasteiger partial charge in [0.15, 0.2) is 5.82 Å². The molecule has 2 N–H and O–H groups in total. The van der Waals surface area contributed by atoms with Gasteiger partial charge in [-0.2, -0.15) is 0 Å². The van der Waals surface area contributed by atoms with Gasteiger partial charge >= 0.3 is 0 Å². The molecule has 1 rings (SSSR count). The van der Waals surface area contributed by atoms with Crippen LogP contribution in [0, 0.1) is 5.82 Å². The van der Waals surface area contributed by atoms with E-state index >= 15 is 0 Å². The van der Waals surface area contributed by atoms with E-state index in [4.69, 9.17) is 23.2 Å². The third-order valence-electron chi connectivity index (χ3n) is 2.92. The van der Waals surface area contributed by atoms with E-state index in [1.165, 1.54) is 12.1 Å². The first kappa shape index (κ1) is 14.6. The first-order chi connectivity index (χ1) is 7.91. The van der Waals surface area contributed by atoms with Gasteiger partial charge < -0.3 is 10.4 Å². The summed E-state index contributed by atoms with van der Waals surface area (Å²) in [6, 6.07) is 2.91. The van der Waals surface area contributed by atoms with E-state index in [0.29, 0.717) is 25.1 Å². The largest absolute Gasteiger partial charge is 0.388 e. The smallest absolute Gasteiger partial charge is 0.160 e. The molecular formula is C12H16Cl2FNO. The number of anilines is 1. The zero-order valence-electron chi connectivity index (χ0n) is 9.86. The summed E-state index contributed by atoms with van der Waals surface area (Å²) < 4.78 is 13.2. The Hall–Kier alpha value is -0.510. The van der Waals surface area contributed by atoms with E-state index in [-0.39, 0.29) is 10.0 Å². The van der Waals surface area contributed by atoms with Crippen LogP contribution in [-0.2, 0) is 0 Å². The molecule has 0 aliphatic heterocycles. The normalized spacial score (nSPS) is 11.6. The Morgan fingerprint density at radius 1 is 1.24 bits per heavy atom. The molecule has 5 heteroatoms. The fraction of sp³-hybridized carbons (Fsp3) is 0.500. The Kier molecular flexibility index (Phi) is 5.04. The number of benzene rings is 1. The molecule has 17 heavy (non-hydrogen) atoms. The minimum Gasteiger partial charge on any atom is -0.388 e. The standard InChI is InChI=1S/C12H16Cl2FNO/c1-3-12(17,4-2)7-16-8-5-9(13)11(15)10(14)6-8/h5-6,16-17H,3-4,7H2,1-2H3. The molecule has 0 heterocycles. The minimum atomic E-state index is -0.770. The van der Waals surface area contributed by atoms with Gasteiger partial charge in [0.25, 0.3) is 0 Å². The van der Waals surface area contributed by atoms with Crippen LogP contribution < -0.4 is 5.32 Å². The SMILES string of the molecule is CCC(O)(CC)CNc1cc(Cl)c(F)c(Cl)c1. The number of halogens is 3. The monoisotopic (exact) mass is 279 g/mol. The van der Waals surface area contributed by atoms with E-state index in [1.54, 1.807) is 0 Å². The molecule has 0 aliphatic rings. The van der Waals surface area contributed by atoms with Crippen LogP contribution >= 0.6 is 23.2 Å². The molecule has 0 saturated heterocycles. The second-order valence-electron chi connectivity index (χ2n) is 4.04. The second-order valence-corrected chi connectivity index (χ2v) is 4.85. The molecule has 1 aromatic rings. The fourth-order valence-corrected chi connectivity index (χ4v) is 1.91. The first-order valence-corrected chi connectivity index (χ1v) is 6.28. The minimum absolute atomic E-state index is 0.0310. The van der Waals surface area contributed by atoms with Crippen LogP contribution in [0.5, 0.6) is 0 Å². The van der Waals surface area contributed by atoms with Crippen LogP contribution in [-0.4, -0.2) is 17.3 Å². The third-order valence-corrected chi connectivity index (χ3v) is 3.47. The van der Waals surface area contributed by atoms with Crippen molar-refractivity contribution in [2.75, 3.05) is 11.9 Å². The summed E-state index contributed by atoms with van der Waals surface area (Å²) >= 11 is 11.3. The summed E-state index contributed by atoms with van der Waals surface area (Å²) in [6.45, 7) is 4.20. The highest BCUT2D eigenvalue weighted by atomic mass is 35.5. The average Bonchev–Trinajstić information content (AvgIpc) is 2.32. The lowest BCUT2D eigenvalue weighted by Gasteiger charge is -2.26. The number of nitrogens with one attached hydrogen (secondary N) is 1. The van der Waals surface area contributed by atoms with Gasteiger partial charge in [-0.1, -0.05) is 37.0 Å². The summed E-state index contributed by atoms with van der Waals surface area (Å²) in [5, 5.41) is 13.0. The van der Waals surface area contributed by atoms with Gasteiger partial charge in [-0.15, -0.1) is 0 Å². The maximum atomic E-state index is 13.2. The summed E-state index contributed by atoms with van der Waals surface area (Å²) in [5.41, 5.74) is -0.172. The summed E-state index contributed by atoms with van der Waals surface area (Å²) in [4.78, 5) is 0. The number of hydrogen-bond donors (Lipinski definition) is 2. The van der Waals surface area contributed by atoms with E-state index < -0.39 is 11.4 Å². The maximum Gasteiger partial charge on any atom is 0.160 e. The number of hydrogen-bond acceptors (Lipinski definition) is 2. The van der Waals surface area contributed by atoms with Crippen LogP contribution in [0.3, 0.4) is 0 Å². The molecule has 0 atom stereocenters. The molecule has 2 nitrogen and oxygen atoms in total. The van der Waals surface area contributed by atoms with Gasteiger partial charge in [-0.05, 0) is 25.0 Å². The quantitative estimate of drug-likeness (QED) is 0.796. The Morgan fingerprint density at radius 2 is 1.71 bits per heavy atom. The second kappa shape index (κ2) is 5.89. The molecule has 0 amide bonds. The topological polar surface area (TPSA) is 32.3 Å². The fourth-order valence-electron chi connectivity index (χ4n) is 1.42. The lowest BCUT2D eigenvalue weighted by molar-refractivity contribution is 0.0457. The zero-order valence-corrected chi connectivity index (χ0v) is 11.4. The highest BCUT2D eigenvalue weighted by Gasteiger charge is 2.21. The molecule has 0 aromatic heterocycles. The zero-order chi connectivity index (χ0) is 13.1. The van der Waals surface area contributed by atoms with Crippen molar-refractivity contribution in [3.05, 3.63) is 28.0 Å². The van der Waals surface area contributed by atoms with Crippen LogP contribution in [0.15, 0.2) is 12.1 Å². The van der Waals surface area contributed by atoms with Crippen LogP contribution in [0.4, 0.5) is 10.1 Å². The van der Waals surface area contributed by atoms with E-state index in [1.807, 2.05) is 13.8 Å². The molecule has 0 fully saturated rings. The van der Waals surface area contributed by atoms with E-state index in [9.17, 15) is 9.50 Å². The molecule has 0 aliphatic carbocycles. The Balaban J connectivity index is 2.76. The van der Waals surface area contributed by atoms with Crippen molar-refractivity contribution in [3.8, 4) is 0 Å². The van der Waals surface area contributed by atoms with Crippen molar-refractivity contribution in [1.82, 2.24) is 0 Å². The Labute approximate surface area is 111 Å². The average molecular weight is 280 g/mol. The van der Waals surface area contributed by atoms with Crippen molar-refractivity contribution in [3.63, 3.8) is 0 Å². The van der Waals surface area contributed by atoms with Crippen LogP contribution in [0.1, 0.15) is 26.7 Å². The van der Waals surface area contributed by atoms with Gasteiger partial charge in [0.05, 0.1) is 15.6 Å². The van der Waals surface area contributed by atoms with E-state index in [2.05, 4.69) is 5.32 Å². The molecule has 1 aromatic carbocycles. The summed E-state index contributed by atoms with van der Waals surface area (Å²) in [5.74, 6) is -0.625. The highest BCUT2D eigenvalue weighted by Crippen LogP contribution is 2.28. The Bertz CT molecular complexity index is 371. The van der Waals surface area contributed by atoms with Crippen molar-refractivity contribution in [2.24, 2.45) is 0 Å². The van der Waals surface area contributed by atoms with Gasteiger partial charge in [-0.3, -0.25) is 0 Å². The van der Waals surface area contributed by atoms with Crippen molar-refractivity contribution in [1.29, 1.82) is 0 Å². The highest BCUT2D eigenvalue weighted by molar-refractivity contribution is 6.35. The van der Waals surface area contributed by atoms with Gasteiger partial charge in [0, 0.05) is 12.2 Å². The van der Waals surface area contributed by atoms with Gasteiger partial charge in [0.1, 0.15) is 0 Å². The van der Waals surface area contributed by atoms with Crippen molar-refractivity contribution < 1.29 is 9.50 Å². The predicted octanol–water partition coefficient (Wildman–Crippen LogP) is 4.10. The maximum absolute atomic E-state index is 13.2. The third kappa shape index (κ3) is 3.73. The molecule has 0 saturated carbocycles. The van der Waals surface area contributed by atoms with Gasteiger partial charge in [0.2, 0.25) is 0 Å². The molecule has 0 unspecified atom stereocenters. The van der Waals surface area contributed by atoms with Crippen molar-refractivity contribution in [2.45, 2.75) is 32.3 Å². The van der Waals surface area contributed by atoms with Crippen LogP contribution in [0.2, 0.25) is 10.0 Å². The summed E-state index contributed by atoms with van der Waals surface area (Å²) in [7, 11) is 0. The molecule has 96 valence electrons. The predicted molar refractivity (Wildman–Crippen MR) is 70.4 cm³/mol. The molecule has 0 radical (unpaired) electrons. The Morgan fingerprint density at radius 3 is 2.12 bits per heavy atom. The lowest BCUT2D eigenvalue weighted by atomic mass is 9.97. The number of rotatable bonds is 5. The molecule has 0 spiro atoms. The van der Waals surface area contributed by atoms with Gasteiger partial charge in [-0.25, -0.2) is 4.39 Å². The number of aliphatic hydroxyl groups is 1. The first-order valence-electron chi connectivity index (χ1n) is 5.52. The molecular weight excluding hydrogens is 264 g/mol. The van der Waals surface area contributed by atoms with E-state index in [0.717, 1.165) is 0 Å². The van der Waals surface area contributed by atoms with Crippen molar-refractivity contribution >= 4 is 28.9 Å². The summed E-state index contributed by atoms with van der Waals surface area (Å²) in [6.07, 6.45) is 1.28.